The van der Waals surface area contributed by atoms with Crippen LogP contribution in [0.5, 0.6) is 0 Å². The molecule has 0 bridgehead atoms. The Morgan fingerprint density at radius 1 is 0.769 bits per heavy atom. The number of nitrogens with zero attached hydrogens (tertiary/aromatic N) is 2. The second-order valence-corrected chi connectivity index (χ2v) is 12.2. The fourth-order valence-electron chi connectivity index (χ4n) is 2.13. The maximum Gasteiger partial charge on any atom is 0.407 e. The van der Waals surface area contributed by atoms with Crippen LogP contribution < -0.4 is 10.6 Å². The molecule has 17 heteroatoms. The van der Waals surface area contributed by atoms with Gasteiger partial charge in [-0.2, -0.15) is 40.2 Å². The molecule has 4 N–H and O–H groups in total. The first-order valence-electron chi connectivity index (χ1n) is 12.5. The van der Waals surface area contributed by atoms with E-state index in [2.05, 4.69) is 20.6 Å². The van der Waals surface area contributed by atoms with E-state index in [1.807, 2.05) is 0 Å². The third kappa shape index (κ3) is 31.2. The number of aliphatic hydroxyl groups excluding tert-OH is 2. The molecule has 0 aliphatic heterocycles. The quantitative estimate of drug-likeness (QED) is 0.0334. The molecule has 0 saturated carbocycles. The molecule has 0 aromatic rings. The highest BCUT2D eigenvalue weighted by molar-refractivity contribution is 8.02. The van der Waals surface area contributed by atoms with Crippen LogP contribution in [-0.2, 0) is 30.0 Å². The summed E-state index contributed by atoms with van der Waals surface area (Å²) in [6, 6.07) is 0. The smallest absolute Gasteiger partial charge is 0.407 e. The summed E-state index contributed by atoms with van der Waals surface area (Å²) >= 11 is 4.82. The minimum absolute atomic E-state index is 0.00872. The van der Waals surface area contributed by atoms with E-state index in [0.29, 0.717) is 62.9 Å². The lowest BCUT2D eigenvalue weighted by atomic mass is 10.5. The number of ether oxygens (including phenoxy) is 2. The average molecular weight is 635 g/mol. The molecule has 1 unspecified atom stereocenters. The predicted molar refractivity (Wildman–Crippen MR) is 161 cm³/mol. The molecule has 0 rings (SSSR count). The molecule has 1 atom stereocenters. The third-order valence-corrected chi connectivity index (χ3v) is 8.08. The van der Waals surface area contributed by atoms with Gasteiger partial charge in [0.2, 0.25) is 6.40 Å². The number of carbonyl (C=O) groups excluding carboxylic acids is 2. The van der Waals surface area contributed by atoms with Crippen molar-refractivity contribution in [3.8, 4) is 0 Å². The standard InChI is InChI=1S/C22H42N4O9S4/c27-7-1-9-32-21(29)25-5-15-37-13-4-24-20-39(31)18-17-38-16-11-33-22(30)26-6-14-36-12-3-23-19-35-34-10-2-8-28/h19-20,27-28H,1-18H2,(H,25,29)(H,26,30). The number of hydrogen-bond donors (Lipinski definition) is 4. The van der Waals surface area contributed by atoms with Crippen LogP contribution in [0.3, 0.4) is 0 Å². The van der Waals surface area contributed by atoms with Gasteiger partial charge in [0, 0.05) is 79.5 Å². The lowest BCUT2D eigenvalue weighted by molar-refractivity contribution is -0.218. The zero-order chi connectivity index (χ0) is 28.7. The van der Waals surface area contributed by atoms with E-state index in [1.165, 1.54) is 11.9 Å². The van der Waals surface area contributed by atoms with Gasteiger partial charge < -0.3 is 35.2 Å². The van der Waals surface area contributed by atoms with E-state index in [1.54, 1.807) is 35.3 Å². The Morgan fingerprint density at radius 2 is 1.36 bits per heavy atom. The van der Waals surface area contributed by atoms with Crippen molar-refractivity contribution in [2.75, 3.05) is 99.5 Å². The molecule has 0 heterocycles. The molecule has 228 valence electrons. The van der Waals surface area contributed by atoms with Gasteiger partial charge in [-0.1, -0.05) is 0 Å². The van der Waals surface area contributed by atoms with E-state index in [4.69, 9.17) is 29.5 Å². The number of alkyl carbamates (subject to hydrolysis) is 2. The number of aliphatic hydroxyl groups is 2. The van der Waals surface area contributed by atoms with Crippen molar-refractivity contribution in [1.29, 1.82) is 0 Å². The van der Waals surface area contributed by atoms with Crippen molar-refractivity contribution < 1.29 is 43.3 Å². The second kappa shape index (κ2) is 31.3. The van der Waals surface area contributed by atoms with Crippen LogP contribution in [0, 0.1) is 0 Å². The molecule has 0 radical (unpaired) electrons. The number of hydrogen-bond acceptors (Lipinski definition) is 14. The minimum atomic E-state index is -1.13. The molecule has 2 amide bonds. The molecule has 0 aromatic heterocycles. The number of aliphatic imine (C=N–C) groups is 2. The summed E-state index contributed by atoms with van der Waals surface area (Å²) in [5.41, 5.74) is 1.47. The molecule has 0 aliphatic rings. The van der Waals surface area contributed by atoms with Crippen LogP contribution >= 0.6 is 35.3 Å². The maximum absolute atomic E-state index is 11.9. The monoisotopic (exact) mass is 634 g/mol. The summed E-state index contributed by atoms with van der Waals surface area (Å²) in [5, 5.41) is 22.5. The number of nitrogens with one attached hydrogen (secondary N) is 2. The Kier molecular flexibility index (Phi) is 30.3. The molecular weight excluding hydrogens is 593 g/mol. The highest BCUT2D eigenvalue weighted by Crippen LogP contribution is 2.02. The summed E-state index contributed by atoms with van der Waals surface area (Å²) in [7, 11) is -1.13. The van der Waals surface area contributed by atoms with Crippen LogP contribution in [0.25, 0.3) is 0 Å². The minimum Gasteiger partial charge on any atom is -0.449 e. The summed E-state index contributed by atoms with van der Waals surface area (Å²) < 4.78 is 21.9. The predicted octanol–water partition coefficient (Wildman–Crippen LogP) is 1.16. The molecule has 13 nitrogen and oxygen atoms in total. The van der Waals surface area contributed by atoms with Gasteiger partial charge in [0.25, 0.3) is 0 Å². The van der Waals surface area contributed by atoms with E-state index < -0.39 is 23.0 Å². The summed E-state index contributed by atoms with van der Waals surface area (Å²) in [4.78, 5) is 40.6. The normalized spacial score (nSPS) is 12.1. The number of amides is 2. The first-order valence-corrected chi connectivity index (χ1v) is 17.3. The number of carbonyl (C=O) groups is 2. The Morgan fingerprint density at radius 3 is 2.03 bits per heavy atom. The fourth-order valence-corrected chi connectivity index (χ4v) is 5.41. The van der Waals surface area contributed by atoms with Crippen molar-refractivity contribution in [2.24, 2.45) is 9.98 Å². The summed E-state index contributed by atoms with van der Waals surface area (Å²) in [5.74, 6) is 4.78. The number of thioether (sulfide) groups is 3. The van der Waals surface area contributed by atoms with Gasteiger partial charge in [0.15, 0.2) is 0 Å². The zero-order valence-electron chi connectivity index (χ0n) is 22.2. The molecule has 39 heavy (non-hydrogen) atoms. The molecule has 0 fully saturated rings. The largest absolute Gasteiger partial charge is 0.449 e. The van der Waals surface area contributed by atoms with Crippen LogP contribution in [0.15, 0.2) is 9.98 Å². The zero-order valence-corrected chi connectivity index (χ0v) is 25.4. The highest BCUT2D eigenvalue weighted by atomic mass is 32.2. The van der Waals surface area contributed by atoms with E-state index in [-0.39, 0.29) is 26.4 Å². The fraction of sp³-hybridized carbons (Fsp3) is 0.818. The highest BCUT2D eigenvalue weighted by Gasteiger charge is 2.02. The first kappa shape index (κ1) is 37.8. The van der Waals surface area contributed by atoms with E-state index >= 15 is 0 Å². The molecule has 0 aliphatic carbocycles. The van der Waals surface area contributed by atoms with Crippen LogP contribution in [0.2, 0.25) is 0 Å². The van der Waals surface area contributed by atoms with Gasteiger partial charge in [-0.05, 0) is 6.42 Å². The SMILES string of the molecule is O=C(NCCSCCN=CS(=O)CCSCCOC(=O)NCCSCCN=COOCCCO)OCCCO. The topological polar surface area (TPSA) is 177 Å². The van der Waals surface area contributed by atoms with Crippen LogP contribution in [0.1, 0.15) is 12.8 Å². The Hall–Kier alpha value is -1.24. The van der Waals surface area contributed by atoms with Gasteiger partial charge in [-0.3, -0.25) is 14.2 Å². The van der Waals surface area contributed by atoms with Crippen molar-refractivity contribution in [2.45, 2.75) is 12.8 Å². The Labute approximate surface area is 245 Å². The lowest BCUT2D eigenvalue weighted by Crippen LogP contribution is -2.27. The third-order valence-electron chi connectivity index (χ3n) is 3.95. The molecular formula is C22H42N4O9S4. The Bertz CT molecular complexity index is 679. The molecule has 0 saturated heterocycles. The Balaban J connectivity index is 3.42. The molecule has 0 aromatic carbocycles. The van der Waals surface area contributed by atoms with Crippen molar-refractivity contribution in [1.82, 2.24) is 10.6 Å². The van der Waals surface area contributed by atoms with Crippen LogP contribution in [-0.4, -0.2) is 138 Å². The van der Waals surface area contributed by atoms with E-state index in [9.17, 15) is 13.8 Å². The average Bonchev–Trinajstić information content (AvgIpc) is 2.92. The van der Waals surface area contributed by atoms with Gasteiger partial charge in [0.05, 0.1) is 36.1 Å². The summed E-state index contributed by atoms with van der Waals surface area (Å²) in [6.07, 6.45) is 1.22. The van der Waals surface area contributed by atoms with Gasteiger partial charge in [-0.15, -0.1) is 0 Å². The van der Waals surface area contributed by atoms with Crippen molar-refractivity contribution >= 4 is 70.2 Å². The van der Waals surface area contributed by atoms with Gasteiger partial charge >= 0.3 is 12.2 Å². The van der Waals surface area contributed by atoms with Crippen molar-refractivity contribution in [3.63, 3.8) is 0 Å². The maximum atomic E-state index is 11.9. The number of rotatable bonds is 27. The van der Waals surface area contributed by atoms with Crippen LogP contribution in [0.4, 0.5) is 9.59 Å². The molecule has 0 spiro atoms. The first-order chi connectivity index (χ1) is 19.1. The summed E-state index contributed by atoms with van der Waals surface area (Å²) in [6.45, 7) is 2.94. The van der Waals surface area contributed by atoms with E-state index in [0.717, 1.165) is 23.0 Å². The van der Waals surface area contributed by atoms with Gasteiger partial charge in [-0.25, -0.2) is 9.59 Å². The van der Waals surface area contributed by atoms with Crippen molar-refractivity contribution in [3.05, 3.63) is 0 Å². The second-order valence-electron chi connectivity index (χ2n) is 7.14. The van der Waals surface area contributed by atoms with Gasteiger partial charge in [0.1, 0.15) is 6.61 Å². The lowest BCUT2D eigenvalue weighted by Gasteiger charge is -2.06.